The van der Waals surface area contributed by atoms with Gasteiger partial charge in [0.1, 0.15) is 11.7 Å². The van der Waals surface area contributed by atoms with Crippen LogP contribution < -0.4 is 10.1 Å². The van der Waals surface area contributed by atoms with Crippen LogP contribution >= 0.6 is 0 Å². The Morgan fingerprint density at radius 1 is 1.25 bits per heavy atom. The Morgan fingerprint density at radius 3 is 2.59 bits per heavy atom. The lowest BCUT2D eigenvalue weighted by Crippen LogP contribution is -2.43. The quantitative estimate of drug-likeness (QED) is 0.532. The molecule has 7 heteroatoms. The van der Waals surface area contributed by atoms with Gasteiger partial charge in [-0.15, -0.1) is 0 Å². The Balaban J connectivity index is 2.19. The molecule has 0 bridgehead atoms. The molecule has 1 heterocycles. The van der Waals surface area contributed by atoms with Gasteiger partial charge in [0.2, 0.25) is 0 Å². The molecule has 1 N–H and O–H groups in total. The third kappa shape index (κ3) is 4.42. The molecule has 32 heavy (non-hydrogen) atoms. The molecule has 0 spiro atoms. The van der Waals surface area contributed by atoms with Crippen molar-refractivity contribution in [2.45, 2.75) is 53.1 Å². The summed E-state index contributed by atoms with van der Waals surface area (Å²) < 4.78 is 16.1. The summed E-state index contributed by atoms with van der Waals surface area (Å²) in [4.78, 5) is 39.3. The van der Waals surface area contributed by atoms with Gasteiger partial charge in [0.15, 0.2) is 5.78 Å². The molecule has 1 aliphatic carbocycles. The maximum Gasteiger partial charge on any atom is 0.337 e. The number of esters is 2. The van der Waals surface area contributed by atoms with Crippen molar-refractivity contribution in [2.24, 2.45) is 11.8 Å². The van der Waals surface area contributed by atoms with E-state index in [9.17, 15) is 14.4 Å². The first-order chi connectivity index (χ1) is 15.2. The first-order valence-corrected chi connectivity index (χ1v) is 11.0. The second kappa shape index (κ2) is 9.59. The molecule has 0 saturated heterocycles. The van der Waals surface area contributed by atoms with E-state index in [0.29, 0.717) is 35.6 Å². The van der Waals surface area contributed by atoms with Crippen molar-refractivity contribution in [3.8, 4) is 5.75 Å². The lowest BCUT2D eigenvalue weighted by atomic mass is 9.69. The maximum atomic E-state index is 13.7. The predicted molar refractivity (Wildman–Crippen MR) is 119 cm³/mol. The van der Waals surface area contributed by atoms with Crippen LogP contribution in [0.2, 0.25) is 0 Å². The van der Waals surface area contributed by atoms with E-state index in [2.05, 4.69) is 5.32 Å². The summed E-state index contributed by atoms with van der Waals surface area (Å²) >= 11 is 0. The van der Waals surface area contributed by atoms with Crippen LogP contribution in [0.25, 0.3) is 0 Å². The van der Waals surface area contributed by atoms with E-state index in [1.165, 1.54) is 7.11 Å². The summed E-state index contributed by atoms with van der Waals surface area (Å²) in [6, 6.07) is 7.35. The fraction of sp³-hybridized carbons (Fsp3) is 0.480. The zero-order valence-electron chi connectivity index (χ0n) is 19.5. The van der Waals surface area contributed by atoms with Gasteiger partial charge in [0.25, 0.3) is 0 Å². The highest BCUT2D eigenvalue weighted by molar-refractivity contribution is 6.12. The Labute approximate surface area is 188 Å². The molecule has 0 saturated carbocycles. The Morgan fingerprint density at radius 2 is 1.97 bits per heavy atom. The lowest BCUT2D eigenvalue weighted by Gasteiger charge is -2.38. The molecule has 1 aromatic rings. The largest absolute Gasteiger partial charge is 0.494 e. The van der Waals surface area contributed by atoms with E-state index >= 15 is 0 Å². The number of ketones is 1. The molecular formula is C25H31NO6. The summed E-state index contributed by atoms with van der Waals surface area (Å²) in [6.07, 6.45) is 0.172. The fourth-order valence-corrected chi connectivity index (χ4v) is 4.51. The zero-order valence-corrected chi connectivity index (χ0v) is 19.5. The van der Waals surface area contributed by atoms with Crippen molar-refractivity contribution in [1.82, 2.24) is 5.32 Å². The van der Waals surface area contributed by atoms with Gasteiger partial charge in [-0.25, -0.2) is 4.79 Å². The Hall–Kier alpha value is -3.09. The third-order valence-electron chi connectivity index (χ3n) is 5.81. The number of ether oxygens (including phenoxy) is 3. The SMILES string of the molecule is CCOc1cccc([C@@H]2C(C(=O)OC(C)C)=C(C)NC3=C2C(=O)[C@@H](C(=O)OC)[C@H](C)C3)c1. The number of allylic oxidation sites excluding steroid dienone is 3. The number of hydrogen-bond acceptors (Lipinski definition) is 7. The van der Waals surface area contributed by atoms with Crippen LogP contribution in [0, 0.1) is 11.8 Å². The van der Waals surface area contributed by atoms with Gasteiger partial charge in [-0.05, 0) is 57.7 Å². The number of rotatable bonds is 6. The molecule has 0 aromatic heterocycles. The molecule has 1 aliphatic heterocycles. The highest BCUT2D eigenvalue weighted by Gasteiger charge is 2.47. The first-order valence-electron chi connectivity index (χ1n) is 11.0. The Bertz CT molecular complexity index is 990. The molecule has 3 atom stereocenters. The van der Waals surface area contributed by atoms with Gasteiger partial charge in [-0.1, -0.05) is 19.1 Å². The number of carbonyl (C=O) groups is 3. The number of benzene rings is 1. The third-order valence-corrected chi connectivity index (χ3v) is 5.81. The Kier molecular flexibility index (Phi) is 7.06. The van der Waals surface area contributed by atoms with Crippen LogP contribution in [0.1, 0.15) is 52.5 Å². The minimum atomic E-state index is -0.918. The van der Waals surface area contributed by atoms with Crippen LogP contribution in [-0.2, 0) is 23.9 Å². The summed E-state index contributed by atoms with van der Waals surface area (Å²) in [5.74, 6) is -2.57. The molecular weight excluding hydrogens is 410 g/mol. The lowest BCUT2D eigenvalue weighted by molar-refractivity contribution is -0.151. The van der Waals surface area contributed by atoms with Crippen molar-refractivity contribution in [3.63, 3.8) is 0 Å². The van der Waals surface area contributed by atoms with Crippen molar-refractivity contribution >= 4 is 17.7 Å². The molecule has 0 amide bonds. The fourth-order valence-electron chi connectivity index (χ4n) is 4.51. The number of hydrogen-bond donors (Lipinski definition) is 1. The molecule has 3 rings (SSSR count). The average molecular weight is 442 g/mol. The summed E-state index contributed by atoms with van der Waals surface area (Å²) in [7, 11) is 1.28. The molecule has 0 radical (unpaired) electrons. The van der Waals surface area contributed by atoms with Crippen molar-refractivity contribution < 1.29 is 28.6 Å². The predicted octanol–water partition coefficient (Wildman–Crippen LogP) is 3.65. The summed E-state index contributed by atoms with van der Waals surface area (Å²) in [5.41, 5.74) is 2.86. The summed E-state index contributed by atoms with van der Waals surface area (Å²) in [6.45, 7) is 9.60. The van der Waals surface area contributed by atoms with Crippen LogP contribution in [0.4, 0.5) is 0 Å². The number of Topliss-reactive ketones (excluding diaryl/α,β-unsaturated/α-hetero) is 1. The average Bonchev–Trinajstić information content (AvgIpc) is 2.72. The molecule has 0 unspecified atom stereocenters. The number of nitrogens with one attached hydrogen (secondary N) is 1. The monoisotopic (exact) mass is 441 g/mol. The van der Waals surface area contributed by atoms with E-state index in [-0.39, 0.29) is 17.8 Å². The highest BCUT2D eigenvalue weighted by atomic mass is 16.5. The molecule has 0 fully saturated rings. The topological polar surface area (TPSA) is 90.9 Å². The van der Waals surface area contributed by atoms with E-state index in [4.69, 9.17) is 14.2 Å². The van der Waals surface area contributed by atoms with Gasteiger partial charge in [0, 0.05) is 22.9 Å². The van der Waals surface area contributed by atoms with Crippen LogP contribution in [0.15, 0.2) is 46.8 Å². The number of carbonyl (C=O) groups excluding carboxylic acids is 3. The summed E-state index contributed by atoms with van der Waals surface area (Å²) in [5, 5.41) is 3.25. The van der Waals surface area contributed by atoms with Crippen molar-refractivity contribution in [3.05, 3.63) is 52.4 Å². The van der Waals surface area contributed by atoms with Crippen molar-refractivity contribution in [1.29, 1.82) is 0 Å². The van der Waals surface area contributed by atoms with E-state index in [1.54, 1.807) is 13.8 Å². The number of methoxy groups -OCH3 is 1. The second-order valence-electron chi connectivity index (χ2n) is 8.49. The minimum Gasteiger partial charge on any atom is -0.494 e. The van der Waals surface area contributed by atoms with Gasteiger partial charge in [-0.3, -0.25) is 9.59 Å². The molecule has 1 aromatic carbocycles. The van der Waals surface area contributed by atoms with E-state index in [0.717, 1.165) is 11.3 Å². The minimum absolute atomic E-state index is 0.228. The van der Waals surface area contributed by atoms with Gasteiger partial charge >= 0.3 is 11.9 Å². The zero-order chi connectivity index (χ0) is 23.6. The van der Waals surface area contributed by atoms with Gasteiger partial charge in [-0.2, -0.15) is 0 Å². The van der Waals surface area contributed by atoms with Crippen LogP contribution in [0.5, 0.6) is 5.75 Å². The molecule has 7 nitrogen and oxygen atoms in total. The van der Waals surface area contributed by atoms with Gasteiger partial charge in [0.05, 0.1) is 25.4 Å². The van der Waals surface area contributed by atoms with Crippen LogP contribution in [0.3, 0.4) is 0 Å². The normalized spacial score (nSPS) is 23.0. The number of dihydropyridines is 1. The van der Waals surface area contributed by atoms with Crippen LogP contribution in [-0.4, -0.2) is 37.5 Å². The second-order valence-corrected chi connectivity index (χ2v) is 8.49. The van der Waals surface area contributed by atoms with E-state index < -0.39 is 23.8 Å². The molecule has 2 aliphatic rings. The maximum absolute atomic E-state index is 13.7. The van der Waals surface area contributed by atoms with E-state index in [1.807, 2.05) is 45.0 Å². The molecule has 172 valence electrons. The smallest absolute Gasteiger partial charge is 0.337 e. The first kappa shape index (κ1) is 23.6. The van der Waals surface area contributed by atoms with Gasteiger partial charge < -0.3 is 19.5 Å². The highest BCUT2D eigenvalue weighted by Crippen LogP contribution is 2.46. The standard InChI is InChI=1S/C25H31NO6/c1-7-31-17-10-8-9-16(12-17)21-20(25(29)32-13(2)3)15(5)26-18-11-14(4)19(24(28)30-6)23(27)22(18)21/h8-10,12-14,19,21,26H,7,11H2,1-6H3/t14-,19+,21-/m1/s1. The van der Waals surface area contributed by atoms with Crippen molar-refractivity contribution in [2.75, 3.05) is 13.7 Å².